The first-order valence-corrected chi connectivity index (χ1v) is 18.4. The van der Waals surface area contributed by atoms with Crippen LogP contribution < -0.4 is 9.47 Å². The molecular formula is C48H37N5O2. The maximum Gasteiger partial charge on any atom is 0.234 e. The Labute approximate surface area is 319 Å². The monoisotopic (exact) mass is 715 g/mol. The van der Waals surface area contributed by atoms with E-state index >= 15 is 0 Å². The Kier molecular flexibility index (Phi) is 9.02. The van der Waals surface area contributed by atoms with E-state index in [2.05, 4.69) is 64.8 Å². The molecule has 0 aliphatic rings. The van der Waals surface area contributed by atoms with Gasteiger partial charge in [0.1, 0.15) is 23.0 Å². The second-order valence-corrected chi connectivity index (χ2v) is 13.9. The molecule has 4 aromatic heterocycles. The van der Waals surface area contributed by atoms with Crippen LogP contribution in [0.5, 0.6) is 23.0 Å². The number of pyridine rings is 2. The number of aromatic nitrogens is 5. The van der Waals surface area contributed by atoms with Crippen LogP contribution in [0, 0.1) is 5.92 Å². The third kappa shape index (κ3) is 7.15. The Hall–Kier alpha value is -7.12. The van der Waals surface area contributed by atoms with Gasteiger partial charge >= 0.3 is 0 Å². The van der Waals surface area contributed by atoms with Crippen LogP contribution in [-0.2, 0) is 6.42 Å². The van der Waals surface area contributed by atoms with E-state index in [9.17, 15) is 0 Å². The molecule has 0 bridgehead atoms. The number of hydrogen-bond donors (Lipinski definition) is 0. The van der Waals surface area contributed by atoms with E-state index in [1.165, 1.54) is 5.56 Å². The minimum atomic E-state index is 0.545. The van der Waals surface area contributed by atoms with Crippen molar-refractivity contribution in [1.29, 1.82) is 0 Å². The highest BCUT2D eigenvalue weighted by atomic mass is 16.5. The molecule has 55 heavy (non-hydrogen) atoms. The van der Waals surface area contributed by atoms with Gasteiger partial charge in [0.05, 0.1) is 22.4 Å². The van der Waals surface area contributed by atoms with Crippen LogP contribution in [-0.4, -0.2) is 24.5 Å². The minimum Gasteiger partial charge on any atom is -0.457 e. The summed E-state index contributed by atoms with van der Waals surface area (Å²) in [6, 6.07) is 48.7. The van der Waals surface area contributed by atoms with Crippen LogP contribution >= 0.6 is 0 Å². The van der Waals surface area contributed by atoms with Crippen molar-refractivity contribution >= 4 is 21.8 Å². The van der Waals surface area contributed by atoms with E-state index < -0.39 is 0 Å². The van der Waals surface area contributed by atoms with Crippen molar-refractivity contribution in [2.24, 2.45) is 5.92 Å². The molecule has 0 saturated carbocycles. The Morgan fingerprint density at radius 1 is 0.473 bits per heavy atom. The van der Waals surface area contributed by atoms with Crippen molar-refractivity contribution in [2.45, 2.75) is 20.3 Å². The maximum absolute atomic E-state index is 6.48. The Morgan fingerprint density at radius 2 is 1.00 bits per heavy atom. The van der Waals surface area contributed by atoms with E-state index in [1.54, 1.807) is 12.4 Å². The molecule has 0 N–H and O–H groups in total. The molecule has 4 heterocycles. The summed E-state index contributed by atoms with van der Waals surface area (Å²) in [6.45, 7) is 4.48. The molecule has 0 radical (unpaired) electrons. The zero-order chi connectivity index (χ0) is 37.1. The molecule has 7 heteroatoms. The topological polar surface area (TPSA) is 75.0 Å². The van der Waals surface area contributed by atoms with Gasteiger partial charge in [-0.1, -0.05) is 74.5 Å². The fraction of sp³-hybridized carbons (Fsp3) is 0.0833. The van der Waals surface area contributed by atoms with Crippen molar-refractivity contribution in [3.8, 4) is 62.6 Å². The molecule has 0 aliphatic heterocycles. The lowest BCUT2D eigenvalue weighted by atomic mass is 10.0. The summed E-state index contributed by atoms with van der Waals surface area (Å²) in [5, 5.41) is 2.09. The molecular weight excluding hydrogens is 679 g/mol. The van der Waals surface area contributed by atoms with Crippen molar-refractivity contribution < 1.29 is 9.47 Å². The smallest absolute Gasteiger partial charge is 0.234 e. The second kappa shape index (κ2) is 14.7. The SMILES string of the molecule is CC(C)Cc1ccc(-c2cnc(-n3c4cc(Oc5cccc(-c6ccccn6)c5)ccc4c4ccc(Oc5cccc(-c6ccccn6)c5)cc43)nc2)cc1. The van der Waals surface area contributed by atoms with E-state index in [0.717, 1.165) is 61.9 Å². The summed E-state index contributed by atoms with van der Waals surface area (Å²) in [5.74, 6) is 3.96. The highest BCUT2D eigenvalue weighted by Crippen LogP contribution is 2.38. The van der Waals surface area contributed by atoms with Crippen LogP contribution in [0.3, 0.4) is 0 Å². The normalized spacial score (nSPS) is 11.3. The van der Waals surface area contributed by atoms with Crippen LogP contribution in [0.15, 0.2) is 170 Å². The highest BCUT2D eigenvalue weighted by Gasteiger charge is 2.17. The average molecular weight is 716 g/mol. The first-order valence-electron chi connectivity index (χ1n) is 18.4. The second-order valence-electron chi connectivity index (χ2n) is 13.9. The van der Waals surface area contributed by atoms with Crippen LogP contribution in [0.4, 0.5) is 0 Å². The molecule has 7 nitrogen and oxygen atoms in total. The van der Waals surface area contributed by atoms with Gasteiger partial charge in [0.25, 0.3) is 0 Å². The number of nitrogens with zero attached hydrogens (tertiary/aromatic N) is 5. The summed E-state index contributed by atoms with van der Waals surface area (Å²) in [6.07, 6.45) is 8.42. The van der Waals surface area contributed by atoms with Crippen molar-refractivity contribution in [2.75, 3.05) is 0 Å². The number of hydrogen-bond acceptors (Lipinski definition) is 6. The summed E-state index contributed by atoms with van der Waals surface area (Å²) < 4.78 is 15.0. The third-order valence-electron chi connectivity index (χ3n) is 9.54. The molecule has 0 aliphatic carbocycles. The van der Waals surface area contributed by atoms with Gasteiger partial charge in [-0.25, -0.2) is 9.97 Å². The summed E-state index contributed by atoms with van der Waals surface area (Å²) in [4.78, 5) is 18.9. The van der Waals surface area contributed by atoms with Crippen LogP contribution in [0.2, 0.25) is 0 Å². The summed E-state index contributed by atoms with van der Waals surface area (Å²) in [5.41, 5.74) is 8.91. The lowest BCUT2D eigenvalue weighted by Gasteiger charge is -2.11. The zero-order valence-corrected chi connectivity index (χ0v) is 30.5. The van der Waals surface area contributed by atoms with Crippen LogP contribution in [0.25, 0.3) is 61.4 Å². The maximum atomic E-state index is 6.48. The standard InChI is InChI=1S/C48H37N5O2/c1-32(2)25-33-15-17-34(18-16-33)37-30-51-48(52-31-37)53-46-28-40(54-38-11-7-9-35(26-38)44-13-3-5-23-49-44)19-21-42(46)43-22-20-41(29-47(43)53)55-39-12-8-10-36(27-39)45-14-4-6-24-50-45/h3-24,26-32H,25H2,1-2H3. The number of fused-ring (bicyclic) bond motifs is 3. The highest BCUT2D eigenvalue weighted by molar-refractivity contribution is 6.09. The Balaban J connectivity index is 1.11. The third-order valence-corrected chi connectivity index (χ3v) is 9.54. The molecule has 0 fully saturated rings. The van der Waals surface area contributed by atoms with Gasteiger partial charge in [0.2, 0.25) is 5.95 Å². The van der Waals surface area contributed by atoms with Gasteiger partial charge in [-0.15, -0.1) is 0 Å². The molecule has 9 rings (SSSR count). The summed E-state index contributed by atoms with van der Waals surface area (Å²) >= 11 is 0. The Morgan fingerprint density at radius 3 is 1.49 bits per heavy atom. The largest absolute Gasteiger partial charge is 0.457 e. The molecule has 0 atom stereocenters. The predicted molar refractivity (Wildman–Crippen MR) is 220 cm³/mol. The van der Waals surface area contributed by atoms with Crippen molar-refractivity contribution in [1.82, 2.24) is 24.5 Å². The molecule has 0 amide bonds. The molecule has 0 unspecified atom stereocenters. The predicted octanol–water partition coefficient (Wildman–Crippen LogP) is 12.1. The Bertz CT molecular complexity index is 2600. The average Bonchev–Trinajstić information content (AvgIpc) is 3.54. The van der Waals surface area contributed by atoms with Gasteiger partial charge in [-0.05, 0) is 96.3 Å². The number of ether oxygens (including phenoxy) is 2. The van der Waals surface area contributed by atoms with Gasteiger partial charge in [-0.3, -0.25) is 14.5 Å². The first-order chi connectivity index (χ1) is 27.0. The van der Waals surface area contributed by atoms with Gasteiger partial charge in [0.15, 0.2) is 0 Å². The quantitative estimate of drug-likeness (QED) is 0.140. The van der Waals surface area contributed by atoms with E-state index in [4.69, 9.17) is 19.4 Å². The number of rotatable bonds is 10. The minimum absolute atomic E-state index is 0.545. The van der Waals surface area contributed by atoms with Gasteiger partial charge < -0.3 is 9.47 Å². The fourth-order valence-corrected chi connectivity index (χ4v) is 6.99. The zero-order valence-electron chi connectivity index (χ0n) is 30.5. The van der Waals surface area contributed by atoms with Gasteiger partial charge in [0, 0.05) is 64.4 Å². The molecule has 0 saturated heterocycles. The lowest BCUT2D eigenvalue weighted by Crippen LogP contribution is -2.01. The van der Waals surface area contributed by atoms with Crippen molar-refractivity contribution in [3.05, 3.63) is 176 Å². The molecule has 5 aromatic carbocycles. The van der Waals surface area contributed by atoms with E-state index in [-0.39, 0.29) is 0 Å². The molecule has 9 aromatic rings. The molecule has 266 valence electrons. The van der Waals surface area contributed by atoms with Crippen molar-refractivity contribution in [3.63, 3.8) is 0 Å². The lowest BCUT2D eigenvalue weighted by molar-refractivity contribution is 0.483. The first kappa shape index (κ1) is 33.7. The van der Waals surface area contributed by atoms with Gasteiger partial charge in [-0.2, -0.15) is 0 Å². The van der Waals surface area contributed by atoms with Crippen LogP contribution in [0.1, 0.15) is 19.4 Å². The molecule has 0 spiro atoms. The fourth-order valence-electron chi connectivity index (χ4n) is 6.99. The van der Waals surface area contributed by atoms with E-state index in [0.29, 0.717) is 34.9 Å². The summed E-state index contributed by atoms with van der Waals surface area (Å²) in [7, 11) is 0. The van der Waals surface area contributed by atoms with E-state index in [1.807, 2.05) is 122 Å². The number of benzene rings is 5.